The van der Waals surface area contributed by atoms with E-state index in [1.54, 1.807) is 0 Å². The van der Waals surface area contributed by atoms with Gasteiger partial charge in [-0.1, -0.05) is 60.7 Å². The number of carboxylic acids is 3. The second-order valence-electron chi connectivity index (χ2n) is 15.5. The Bertz CT molecular complexity index is 2530. The number of ether oxygens (including phenoxy) is 6. The first-order valence-electron chi connectivity index (χ1n) is 21.0. The van der Waals surface area contributed by atoms with Crippen molar-refractivity contribution in [2.45, 2.75) is 44.0 Å². The largest absolute Gasteiger partial charge is 0.514 e. The highest BCUT2D eigenvalue weighted by molar-refractivity contribution is 5.93. The zero-order valence-corrected chi connectivity index (χ0v) is 36.1. The first kappa shape index (κ1) is 49.1. The maximum Gasteiger partial charge on any atom is 0.514 e. The number of nitro benzene ring substituents is 1. The number of aliphatic carboxylic acids is 3. The van der Waals surface area contributed by atoms with Crippen molar-refractivity contribution in [3.8, 4) is 22.6 Å². The molecule has 5 atom stereocenters. The third-order valence-corrected chi connectivity index (χ3v) is 11.1. The summed E-state index contributed by atoms with van der Waals surface area (Å²) in [6.45, 7) is -0.468. The van der Waals surface area contributed by atoms with Crippen LogP contribution in [0.15, 0.2) is 97.1 Å². The van der Waals surface area contributed by atoms with Gasteiger partial charge in [0.2, 0.25) is 12.2 Å². The molecule has 1 aliphatic heterocycles. The number of amides is 2. The topological polar surface area (TPSA) is 303 Å². The van der Waals surface area contributed by atoms with E-state index in [1.807, 2.05) is 48.5 Å². The number of carbonyl (C=O) groups excluding carboxylic acids is 4. The maximum atomic E-state index is 13.5. The molecule has 4 aromatic carbocycles. The van der Waals surface area contributed by atoms with Crippen LogP contribution in [0.25, 0.3) is 17.2 Å². The number of benzene rings is 4. The van der Waals surface area contributed by atoms with Gasteiger partial charge >= 0.3 is 36.1 Å². The van der Waals surface area contributed by atoms with Crippen LogP contribution in [0.3, 0.4) is 0 Å². The zero-order chi connectivity index (χ0) is 48.9. The van der Waals surface area contributed by atoms with E-state index < -0.39 is 96.4 Å². The minimum Gasteiger partial charge on any atom is -0.481 e. The predicted octanol–water partition coefficient (Wildman–Crippen LogP) is 6.24. The smallest absolute Gasteiger partial charge is 0.481 e. The van der Waals surface area contributed by atoms with Gasteiger partial charge in [-0.05, 0) is 64.1 Å². The fraction of sp³-hybridized carbons (Fsp3) is 0.298. The number of carboxylic acid groups (broad SMARTS) is 3. The minimum absolute atomic E-state index is 0.00818. The lowest BCUT2D eigenvalue weighted by Gasteiger charge is -2.44. The average molecular weight is 940 g/mol. The Labute approximate surface area is 386 Å². The lowest BCUT2D eigenvalue weighted by Crippen LogP contribution is -2.54. The summed E-state index contributed by atoms with van der Waals surface area (Å²) in [6, 6.07) is 24.6. The fourth-order valence-electron chi connectivity index (χ4n) is 8.14. The number of alkyl carbamates (subject to hydrolysis) is 1. The second-order valence-corrected chi connectivity index (χ2v) is 15.5. The van der Waals surface area contributed by atoms with Crippen LogP contribution >= 0.6 is 0 Å². The first-order valence-corrected chi connectivity index (χ1v) is 21.0. The number of non-ortho nitro benzene ring substituents is 1. The summed E-state index contributed by atoms with van der Waals surface area (Å²) in [5.41, 5.74) is 4.23. The molecule has 2 aliphatic rings. The molecule has 1 fully saturated rings. The molecule has 2 amide bonds. The van der Waals surface area contributed by atoms with E-state index >= 15 is 0 Å². The molecule has 68 heavy (non-hydrogen) atoms. The number of nitro groups is 1. The number of rotatable bonds is 20. The summed E-state index contributed by atoms with van der Waals surface area (Å²) in [5, 5.41) is 45.6. The van der Waals surface area contributed by atoms with Crippen molar-refractivity contribution in [3.63, 3.8) is 0 Å². The normalized spacial score (nSPS) is 18.3. The minimum atomic E-state index is -1.70. The molecule has 1 heterocycles. The lowest BCUT2D eigenvalue weighted by molar-refractivity contribution is -0.384. The summed E-state index contributed by atoms with van der Waals surface area (Å²) in [7, 11) is 1.00. The summed E-state index contributed by atoms with van der Waals surface area (Å²) in [5.74, 6) is -10.3. The molecule has 0 spiro atoms. The molecule has 21 heteroatoms. The number of nitrogens with one attached hydrogen (secondary N) is 2. The first-order chi connectivity index (χ1) is 32.6. The van der Waals surface area contributed by atoms with E-state index in [1.165, 1.54) is 42.5 Å². The van der Waals surface area contributed by atoms with Gasteiger partial charge in [0, 0.05) is 49.3 Å². The molecule has 4 aromatic rings. The van der Waals surface area contributed by atoms with Gasteiger partial charge < -0.3 is 54.4 Å². The van der Waals surface area contributed by atoms with Crippen molar-refractivity contribution in [2.75, 3.05) is 32.2 Å². The Kier molecular flexibility index (Phi) is 16.4. The van der Waals surface area contributed by atoms with Crippen LogP contribution in [0.5, 0.6) is 11.5 Å². The van der Waals surface area contributed by atoms with Crippen LogP contribution < -0.4 is 20.1 Å². The molecule has 0 bridgehead atoms. The number of anilines is 1. The number of hydrogen-bond donors (Lipinski definition) is 5. The number of carbonyl (C=O) groups is 7. The van der Waals surface area contributed by atoms with Gasteiger partial charge in [-0.15, -0.1) is 0 Å². The number of methoxy groups -OCH3 is 1. The Morgan fingerprint density at radius 3 is 2.01 bits per heavy atom. The molecule has 21 nitrogen and oxygen atoms in total. The summed E-state index contributed by atoms with van der Waals surface area (Å²) in [6.07, 6.45) is -5.01. The molecule has 6 rings (SSSR count). The highest BCUT2D eigenvalue weighted by atomic mass is 16.7. The van der Waals surface area contributed by atoms with E-state index in [2.05, 4.69) is 10.6 Å². The molecule has 1 saturated heterocycles. The van der Waals surface area contributed by atoms with Gasteiger partial charge in [-0.25, -0.2) is 14.4 Å². The standard InChI is InChI=1S/C47H45N3O18/c1-63-44(58)43-34(23-41(54)55)33(22-40(52)53)35(24-42(56)57)45(68-43)67-38-17-12-26(7-6-20-64-47(60)66-28-15-13-27(14-16-28)50(61)62)21-37(38)49-39(51)18-19-48-46(59)65-25-36-31-10-4-2-8-29(31)30-9-3-5-11-32(30)36/h2-17,21,33-36,43,45H,18-20,22-25H2,1H3,(H,48,59)(H,49,51)(H,52,53)(H,54,55)(H,56,57)/b7-6+/t33-,34-,35+,43-,45+/m0/s1. The van der Waals surface area contributed by atoms with Gasteiger partial charge in [0.05, 0.1) is 30.6 Å². The zero-order valence-electron chi connectivity index (χ0n) is 36.1. The summed E-state index contributed by atoms with van der Waals surface area (Å²) >= 11 is 0. The van der Waals surface area contributed by atoms with Gasteiger partial charge in [-0.3, -0.25) is 29.3 Å². The number of hydrogen-bond acceptors (Lipinski definition) is 15. The van der Waals surface area contributed by atoms with Crippen molar-refractivity contribution in [1.82, 2.24) is 5.32 Å². The van der Waals surface area contributed by atoms with Crippen LogP contribution in [-0.4, -0.2) is 102 Å². The van der Waals surface area contributed by atoms with Crippen LogP contribution in [0.4, 0.5) is 21.0 Å². The molecule has 0 aromatic heterocycles. The second kappa shape index (κ2) is 22.7. The van der Waals surface area contributed by atoms with Gasteiger partial charge in [0.15, 0.2) is 6.10 Å². The Morgan fingerprint density at radius 1 is 0.779 bits per heavy atom. The number of nitrogens with zero attached hydrogens (tertiary/aromatic N) is 1. The Balaban J connectivity index is 1.17. The summed E-state index contributed by atoms with van der Waals surface area (Å²) < 4.78 is 32.6. The lowest BCUT2D eigenvalue weighted by atomic mass is 9.71. The van der Waals surface area contributed by atoms with E-state index in [9.17, 15) is 59.0 Å². The van der Waals surface area contributed by atoms with Gasteiger partial charge in [0.1, 0.15) is 24.7 Å². The molecular weight excluding hydrogens is 895 g/mol. The Morgan fingerprint density at radius 2 is 1.40 bits per heavy atom. The summed E-state index contributed by atoms with van der Waals surface area (Å²) in [4.78, 5) is 98.0. The monoisotopic (exact) mass is 939 g/mol. The average Bonchev–Trinajstić information content (AvgIpc) is 3.62. The van der Waals surface area contributed by atoms with Crippen molar-refractivity contribution >= 4 is 59.5 Å². The maximum absolute atomic E-state index is 13.5. The Hall–Kier alpha value is -8.33. The highest BCUT2D eigenvalue weighted by Gasteiger charge is 2.52. The molecule has 5 N–H and O–H groups in total. The number of fused-ring (bicyclic) bond motifs is 3. The van der Waals surface area contributed by atoms with E-state index in [0.717, 1.165) is 41.5 Å². The highest BCUT2D eigenvalue weighted by Crippen LogP contribution is 2.45. The molecule has 0 radical (unpaired) electrons. The quantitative estimate of drug-likeness (QED) is 0.0215. The van der Waals surface area contributed by atoms with Crippen molar-refractivity contribution < 1.29 is 82.2 Å². The molecule has 0 unspecified atom stereocenters. The van der Waals surface area contributed by atoms with E-state index in [-0.39, 0.29) is 55.0 Å². The third kappa shape index (κ3) is 12.7. The van der Waals surface area contributed by atoms with Crippen molar-refractivity contribution in [1.29, 1.82) is 0 Å². The predicted molar refractivity (Wildman–Crippen MR) is 235 cm³/mol. The van der Waals surface area contributed by atoms with Crippen LogP contribution in [0.1, 0.15) is 48.3 Å². The van der Waals surface area contributed by atoms with E-state index in [4.69, 9.17) is 28.4 Å². The van der Waals surface area contributed by atoms with Crippen LogP contribution in [-0.2, 0) is 42.9 Å². The van der Waals surface area contributed by atoms with Gasteiger partial charge in [-0.2, -0.15) is 0 Å². The SMILES string of the molecule is COC(=O)[C@H]1O[C@@H](Oc2ccc(/C=C/COC(=O)Oc3ccc([N+](=O)[O-])cc3)cc2NC(=O)CCNC(=O)OCC2c3ccccc3-c3ccccc32)[C@H](CC(=O)O)[C@@H](CC(=O)O)[C@@H]1CC(=O)O. The van der Waals surface area contributed by atoms with Crippen LogP contribution in [0.2, 0.25) is 0 Å². The van der Waals surface area contributed by atoms with Crippen molar-refractivity contribution in [3.05, 3.63) is 124 Å². The molecule has 1 aliphatic carbocycles. The third-order valence-electron chi connectivity index (χ3n) is 11.1. The van der Waals surface area contributed by atoms with Crippen molar-refractivity contribution in [2.24, 2.45) is 17.8 Å². The van der Waals surface area contributed by atoms with E-state index in [0.29, 0.717) is 5.56 Å². The molecule has 0 saturated carbocycles. The molecular formula is C47H45N3O18. The fourth-order valence-corrected chi connectivity index (χ4v) is 8.14. The molecule has 356 valence electrons. The number of esters is 1. The van der Waals surface area contributed by atoms with Crippen LogP contribution in [0, 0.1) is 27.9 Å². The van der Waals surface area contributed by atoms with Gasteiger partial charge in [0.25, 0.3) is 5.69 Å².